The fourth-order valence-corrected chi connectivity index (χ4v) is 3.57. The van der Waals surface area contributed by atoms with Gasteiger partial charge in [0.15, 0.2) is 11.5 Å². The molecule has 0 bridgehead atoms. The Morgan fingerprint density at radius 2 is 2.03 bits per heavy atom. The fraction of sp³-hybridized carbons (Fsp3) is 0.217. The number of carbonyl (C=O) groups is 2. The quantitative estimate of drug-likeness (QED) is 0.543. The SMILES string of the molecule is C=CCOc1c(OC)cc(Cl)cc1C1NC(=O)NC(C)=C1C(=O)NCc1ccccc1. The van der Waals surface area contributed by atoms with Crippen LogP contribution in [0.2, 0.25) is 5.02 Å². The minimum Gasteiger partial charge on any atom is -0.493 e. The molecule has 0 aliphatic carbocycles. The molecule has 1 aliphatic rings. The molecule has 0 aromatic heterocycles. The molecule has 1 aliphatic heterocycles. The summed E-state index contributed by atoms with van der Waals surface area (Å²) in [5.74, 6) is 0.437. The van der Waals surface area contributed by atoms with Crippen LogP contribution in [-0.4, -0.2) is 25.7 Å². The number of allylic oxidation sites excluding steroid dienone is 1. The lowest BCUT2D eigenvalue weighted by Gasteiger charge is -2.30. The largest absolute Gasteiger partial charge is 0.493 e. The van der Waals surface area contributed by atoms with Gasteiger partial charge in [0.1, 0.15) is 6.61 Å². The maximum atomic E-state index is 13.2. The number of nitrogens with one attached hydrogen (secondary N) is 3. The summed E-state index contributed by atoms with van der Waals surface area (Å²) < 4.78 is 11.2. The van der Waals surface area contributed by atoms with Crippen molar-refractivity contribution in [2.45, 2.75) is 19.5 Å². The van der Waals surface area contributed by atoms with Crippen LogP contribution in [0.3, 0.4) is 0 Å². The van der Waals surface area contributed by atoms with E-state index in [1.807, 2.05) is 30.3 Å². The van der Waals surface area contributed by atoms with Gasteiger partial charge in [-0.25, -0.2) is 4.79 Å². The van der Waals surface area contributed by atoms with Gasteiger partial charge in [0.25, 0.3) is 5.91 Å². The molecule has 0 radical (unpaired) electrons. The number of amides is 3. The van der Waals surface area contributed by atoms with E-state index in [4.69, 9.17) is 21.1 Å². The molecule has 8 heteroatoms. The summed E-state index contributed by atoms with van der Waals surface area (Å²) in [7, 11) is 1.49. The van der Waals surface area contributed by atoms with Crippen LogP contribution in [-0.2, 0) is 11.3 Å². The van der Waals surface area contributed by atoms with E-state index >= 15 is 0 Å². The van der Waals surface area contributed by atoms with Crippen LogP contribution in [0.4, 0.5) is 4.79 Å². The van der Waals surface area contributed by atoms with E-state index < -0.39 is 12.1 Å². The summed E-state index contributed by atoms with van der Waals surface area (Å²) in [6.07, 6.45) is 1.59. The molecule has 2 aromatic rings. The summed E-state index contributed by atoms with van der Waals surface area (Å²) in [5.41, 5.74) is 2.25. The minimum atomic E-state index is -0.795. The highest BCUT2D eigenvalue weighted by Gasteiger charge is 2.34. The molecular weight excluding hydrogens is 418 g/mol. The first-order chi connectivity index (χ1) is 14.9. The highest BCUT2D eigenvalue weighted by atomic mass is 35.5. The van der Waals surface area contributed by atoms with Crippen molar-refractivity contribution in [3.05, 3.63) is 82.5 Å². The maximum absolute atomic E-state index is 13.2. The molecule has 31 heavy (non-hydrogen) atoms. The number of rotatable bonds is 8. The van der Waals surface area contributed by atoms with Gasteiger partial charge < -0.3 is 25.4 Å². The van der Waals surface area contributed by atoms with Crippen molar-refractivity contribution < 1.29 is 19.1 Å². The molecule has 0 saturated carbocycles. The molecule has 3 rings (SSSR count). The Bertz CT molecular complexity index is 1020. The number of halogens is 1. The number of carbonyl (C=O) groups excluding carboxylic acids is 2. The van der Waals surface area contributed by atoms with Crippen LogP contribution in [0.1, 0.15) is 24.1 Å². The van der Waals surface area contributed by atoms with E-state index in [0.29, 0.717) is 39.9 Å². The number of benzene rings is 2. The van der Waals surface area contributed by atoms with Gasteiger partial charge in [-0.2, -0.15) is 0 Å². The molecule has 2 aromatic carbocycles. The zero-order valence-electron chi connectivity index (χ0n) is 17.3. The summed E-state index contributed by atoms with van der Waals surface area (Å²) in [4.78, 5) is 25.4. The average Bonchev–Trinajstić information content (AvgIpc) is 2.76. The molecule has 1 heterocycles. The van der Waals surface area contributed by atoms with Crippen molar-refractivity contribution in [1.82, 2.24) is 16.0 Å². The van der Waals surface area contributed by atoms with Gasteiger partial charge in [-0.3, -0.25) is 4.79 Å². The molecule has 0 spiro atoms. The molecule has 0 saturated heterocycles. The normalized spacial score (nSPS) is 15.6. The predicted octanol–water partition coefficient (Wildman–Crippen LogP) is 3.86. The number of urea groups is 1. The Labute approximate surface area is 186 Å². The zero-order chi connectivity index (χ0) is 22.4. The Morgan fingerprint density at radius 3 is 2.71 bits per heavy atom. The summed E-state index contributed by atoms with van der Waals surface area (Å²) in [6.45, 7) is 5.90. The lowest BCUT2D eigenvalue weighted by atomic mass is 9.93. The van der Waals surface area contributed by atoms with Gasteiger partial charge in [-0.05, 0) is 18.6 Å². The molecule has 3 N–H and O–H groups in total. The third-order valence-electron chi connectivity index (χ3n) is 4.73. The highest BCUT2D eigenvalue weighted by molar-refractivity contribution is 6.30. The average molecular weight is 442 g/mol. The first-order valence-corrected chi connectivity index (χ1v) is 10.0. The molecule has 1 atom stereocenters. The van der Waals surface area contributed by atoms with Crippen molar-refractivity contribution in [2.24, 2.45) is 0 Å². The first-order valence-electron chi connectivity index (χ1n) is 9.66. The molecule has 3 amide bonds. The standard InChI is InChI=1S/C23H24ClN3O4/c1-4-10-31-21-17(11-16(24)12-18(21)30-3)20-19(14(2)26-23(29)27-20)22(28)25-13-15-8-6-5-7-9-15/h4-9,11-12,20H,1,10,13H2,2-3H3,(H,25,28)(H2,26,27,29). The molecule has 1 unspecified atom stereocenters. The van der Waals surface area contributed by atoms with E-state index in [1.54, 1.807) is 25.1 Å². The Morgan fingerprint density at radius 1 is 1.29 bits per heavy atom. The second kappa shape index (κ2) is 10.0. The van der Waals surface area contributed by atoms with Crippen LogP contribution >= 0.6 is 11.6 Å². The van der Waals surface area contributed by atoms with Crippen LogP contribution < -0.4 is 25.4 Å². The third kappa shape index (κ3) is 5.19. The van der Waals surface area contributed by atoms with Gasteiger partial charge in [0.05, 0.1) is 18.7 Å². The Balaban J connectivity index is 2.00. The Hall–Kier alpha value is -3.45. The van der Waals surface area contributed by atoms with Crippen LogP contribution in [0.15, 0.2) is 66.4 Å². The smallest absolute Gasteiger partial charge is 0.319 e. The molecule has 0 fully saturated rings. The van der Waals surface area contributed by atoms with E-state index in [1.165, 1.54) is 7.11 Å². The van der Waals surface area contributed by atoms with Crippen molar-refractivity contribution in [1.29, 1.82) is 0 Å². The predicted molar refractivity (Wildman–Crippen MR) is 119 cm³/mol. The fourth-order valence-electron chi connectivity index (χ4n) is 3.35. The van der Waals surface area contributed by atoms with Crippen molar-refractivity contribution in [3.63, 3.8) is 0 Å². The van der Waals surface area contributed by atoms with E-state index in [9.17, 15) is 9.59 Å². The first kappa shape index (κ1) is 22.2. The molecular formula is C23H24ClN3O4. The van der Waals surface area contributed by atoms with Crippen molar-refractivity contribution >= 4 is 23.5 Å². The van der Waals surface area contributed by atoms with Gasteiger partial charge in [-0.1, -0.05) is 54.6 Å². The summed E-state index contributed by atoms with van der Waals surface area (Å²) >= 11 is 6.29. The van der Waals surface area contributed by atoms with Crippen molar-refractivity contribution in [2.75, 3.05) is 13.7 Å². The van der Waals surface area contributed by atoms with E-state index in [2.05, 4.69) is 22.5 Å². The summed E-state index contributed by atoms with van der Waals surface area (Å²) in [6, 6.07) is 11.6. The lowest BCUT2D eigenvalue weighted by molar-refractivity contribution is -0.118. The Kier molecular flexibility index (Phi) is 7.20. The minimum absolute atomic E-state index is 0.210. The lowest BCUT2D eigenvalue weighted by Crippen LogP contribution is -2.47. The number of hydrogen-bond donors (Lipinski definition) is 3. The van der Waals surface area contributed by atoms with Crippen LogP contribution in [0, 0.1) is 0 Å². The number of hydrogen-bond acceptors (Lipinski definition) is 4. The second-order valence-corrected chi connectivity index (χ2v) is 7.30. The zero-order valence-corrected chi connectivity index (χ0v) is 18.1. The van der Waals surface area contributed by atoms with Gasteiger partial charge in [0.2, 0.25) is 0 Å². The number of ether oxygens (including phenoxy) is 2. The topological polar surface area (TPSA) is 88.7 Å². The highest BCUT2D eigenvalue weighted by Crippen LogP contribution is 2.41. The van der Waals surface area contributed by atoms with Crippen molar-refractivity contribution in [3.8, 4) is 11.5 Å². The molecule has 162 valence electrons. The monoisotopic (exact) mass is 441 g/mol. The summed E-state index contributed by atoms with van der Waals surface area (Å²) in [5, 5.41) is 8.75. The van der Waals surface area contributed by atoms with Gasteiger partial charge in [-0.15, -0.1) is 0 Å². The third-order valence-corrected chi connectivity index (χ3v) is 4.95. The van der Waals surface area contributed by atoms with Crippen LogP contribution in [0.25, 0.3) is 0 Å². The maximum Gasteiger partial charge on any atom is 0.319 e. The second-order valence-electron chi connectivity index (χ2n) is 6.86. The van der Waals surface area contributed by atoms with Gasteiger partial charge >= 0.3 is 6.03 Å². The number of methoxy groups -OCH3 is 1. The van der Waals surface area contributed by atoms with E-state index in [0.717, 1.165) is 5.56 Å². The van der Waals surface area contributed by atoms with E-state index in [-0.39, 0.29) is 12.5 Å². The molecule has 7 nitrogen and oxygen atoms in total. The van der Waals surface area contributed by atoms with Crippen LogP contribution in [0.5, 0.6) is 11.5 Å². The van der Waals surface area contributed by atoms with Gasteiger partial charge in [0, 0.05) is 28.9 Å².